The molecule has 2 atom stereocenters. The van der Waals surface area contributed by atoms with Crippen LogP contribution in [0, 0.1) is 0 Å². The first kappa shape index (κ1) is 13.7. The topological polar surface area (TPSA) is 54.0 Å². The van der Waals surface area contributed by atoms with Gasteiger partial charge in [-0.15, -0.1) is 0 Å². The molecule has 1 amide bonds. The monoisotopic (exact) mass is 315 g/mol. The summed E-state index contributed by atoms with van der Waals surface area (Å²) in [6.07, 6.45) is 2.61. The number of hydrogen-bond acceptors (Lipinski definition) is 3. The molecule has 2 aliphatic heterocycles. The molecule has 4 heteroatoms. The van der Waals surface area contributed by atoms with Crippen molar-refractivity contribution in [2.45, 2.75) is 17.9 Å². The van der Waals surface area contributed by atoms with Crippen LogP contribution in [0.1, 0.15) is 23.6 Å². The number of hydrogen-bond donors (Lipinski definition) is 2. The second-order valence-corrected chi connectivity index (χ2v) is 6.53. The largest absolute Gasteiger partial charge is 0.325 e. The summed E-state index contributed by atoms with van der Waals surface area (Å²) in [6.45, 7) is 0.815. The van der Waals surface area contributed by atoms with Crippen molar-refractivity contribution in [1.29, 1.82) is 0 Å². The summed E-state index contributed by atoms with van der Waals surface area (Å²) in [7, 11) is 0. The fourth-order valence-electron chi connectivity index (χ4n) is 4.34. The Morgan fingerprint density at radius 1 is 1.04 bits per heavy atom. The summed E-state index contributed by atoms with van der Waals surface area (Å²) in [5.74, 6) is 0.0895. The average Bonchev–Trinajstić information content (AvgIpc) is 3.18. The van der Waals surface area contributed by atoms with E-state index in [0.29, 0.717) is 0 Å². The minimum atomic E-state index is -0.553. The zero-order valence-corrected chi connectivity index (χ0v) is 13.1. The lowest BCUT2D eigenvalue weighted by Gasteiger charge is -2.30. The van der Waals surface area contributed by atoms with Crippen molar-refractivity contribution in [2.75, 3.05) is 11.9 Å². The Morgan fingerprint density at radius 3 is 2.88 bits per heavy atom. The predicted molar refractivity (Wildman–Crippen MR) is 93.9 cm³/mol. The van der Waals surface area contributed by atoms with Gasteiger partial charge >= 0.3 is 0 Å². The molecule has 0 unspecified atom stereocenters. The van der Waals surface area contributed by atoms with E-state index in [4.69, 9.17) is 0 Å². The Labute approximate surface area is 139 Å². The van der Waals surface area contributed by atoms with Crippen LogP contribution in [0.25, 0.3) is 10.9 Å². The highest BCUT2D eigenvalue weighted by Gasteiger charge is 2.55. The van der Waals surface area contributed by atoms with Crippen molar-refractivity contribution < 1.29 is 4.79 Å². The van der Waals surface area contributed by atoms with Gasteiger partial charge in [0.15, 0.2) is 0 Å². The van der Waals surface area contributed by atoms with Crippen molar-refractivity contribution in [1.82, 2.24) is 10.3 Å². The minimum Gasteiger partial charge on any atom is -0.325 e. The molecule has 0 bridgehead atoms. The van der Waals surface area contributed by atoms with Crippen molar-refractivity contribution in [3.05, 3.63) is 71.9 Å². The molecule has 1 spiro atoms. The molecule has 2 N–H and O–H groups in total. The first-order valence-electron chi connectivity index (χ1n) is 8.29. The van der Waals surface area contributed by atoms with Gasteiger partial charge in [0.2, 0.25) is 5.91 Å². The molecule has 0 radical (unpaired) electrons. The van der Waals surface area contributed by atoms with Crippen LogP contribution >= 0.6 is 0 Å². The summed E-state index contributed by atoms with van der Waals surface area (Å²) >= 11 is 0. The first-order valence-corrected chi connectivity index (χ1v) is 8.29. The van der Waals surface area contributed by atoms with Crippen LogP contribution < -0.4 is 10.6 Å². The summed E-state index contributed by atoms with van der Waals surface area (Å²) in [6, 6.07) is 18.2. The molecule has 1 fully saturated rings. The summed E-state index contributed by atoms with van der Waals surface area (Å²) < 4.78 is 0. The van der Waals surface area contributed by atoms with Gasteiger partial charge in [-0.25, -0.2) is 0 Å². The molecule has 0 aliphatic carbocycles. The zero-order chi connectivity index (χ0) is 16.1. The van der Waals surface area contributed by atoms with Crippen molar-refractivity contribution in [3.8, 4) is 0 Å². The van der Waals surface area contributed by atoms with Gasteiger partial charge in [0, 0.05) is 17.3 Å². The third kappa shape index (κ3) is 1.66. The summed E-state index contributed by atoms with van der Waals surface area (Å²) in [4.78, 5) is 17.6. The molecular formula is C20H17N3O. The van der Waals surface area contributed by atoms with Gasteiger partial charge in [-0.1, -0.05) is 42.5 Å². The summed E-state index contributed by atoms with van der Waals surface area (Å²) in [5, 5.41) is 7.75. The molecule has 3 heterocycles. The number of rotatable bonds is 1. The quantitative estimate of drug-likeness (QED) is 0.725. The predicted octanol–water partition coefficient (Wildman–Crippen LogP) is 3.16. The van der Waals surface area contributed by atoms with Crippen LogP contribution in [0.4, 0.5) is 5.69 Å². The Kier molecular flexibility index (Phi) is 2.79. The van der Waals surface area contributed by atoms with Gasteiger partial charge in [0.05, 0.1) is 17.0 Å². The van der Waals surface area contributed by atoms with Crippen LogP contribution in [-0.4, -0.2) is 17.4 Å². The fourth-order valence-corrected chi connectivity index (χ4v) is 4.34. The number of carbonyl (C=O) groups is 1. The third-order valence-corrected chi connectivity index (χ3v) is 5.40. The number of nitrogens with zero attached hydrogens (tertiary/aromatic N) is 1. The van der Waals surface area contributed by atoms with Crippen molar-refractivity contribution in [2.24, 2.45) is 0 Å². The standard InChI is InChI=1S/C20H17N3O/c24-19-20(15-8-1-2-9-16(15)23-19)10-12-22-18(20)14-7-3-5-13-6-4-11-21-17(13)14/h1-9,11,18,22H,10,12H2,(H,23,24)/t18-,20+/m0/s1. The number of benzene rings is 2. The number of carbonyl (C=O) groups excluding carboxylic acids is 1. The lowest BCUT2D eigenvalue weighted by molar-refractivity contribution is -0.121. The highest BCUT2D eigenvalue weighted by Crippen LogP contribution is 2.51. The highest BCUT2D eigenvalue weighted by molar-refractivity contribution is 6.07. The third-order valence-electron chi connectivity index (χ3n) is 5.40. The molecule has 24 heavy (non-hydrogen) atoms. The van der Waals surface area contributed by atoms with E-state index in [1.165, 1.54) is 0 Å². The lowest BCUT2D eigenvalue weighted by Crippen LogP contribution is -2.39. The minimum absolute atomic E-state index is 0.0697. The van der Waals surface area contributed by atoms with Crippen LogP contribution in [0.3, 0.4) is 0 Å². The highest BCUT2D eigenvalue weighted by atomic mass is 16.2. The number of para-hydroxylation sites is 2. The van der Waals surface area contributed by atoms with Crippen molar-refractivity contribution in [3.63, 3.8) is 0 Å². The maximum absolute atomic E-state index is 13.0. The van der Waals surface area contributed by atoms with E-state index in [1.807, 2.05) is 36.5 Å². The van der Waals surface area contributed by atoms with E-state index in [1.54, 1.807) is 0 Å². The molecule has 5 rings (SSSR count). The average molecular weight is 315 g/mol. The Bertz CT molecular complexity index is 963. The molecule has 1 aromatic heterocycles. The lowest BCUT2D eigenvalue weighted by atomic mass is 9.72. The smallest absolute Gasteiger partial charge is 0.237 e. The molecule has 0 saturated carbocycles. The van der Waals surface area contributed by atoms with E-state index in [2.05, 4.69) is 39.9 Å². The van der Waals surface area contributed by atoms with Crippen LogP contribution in [0.15, 0.2) is 60.8 Å². The molecule has 1 saturated heterocycles. The van der Waals surface area contributed by atoms with Crippen LogP contribution in [-0.2, 0) is 10.2 Å². The normalized spacial score (nSPS) is 25.2. The zero-order valence-electron chi connectivity index (χ0n) is 13.1. The van der Waals surface area contributed by atoms with Crippen LogP contribution in [0.2, 0.25) is 0 Å². The van der Waals surface area contributed by atoms with Gasteiger partial charge in [-0.2, -0.15) is 0 Å². The molecule has 2 aliphatic rings. The van der Waals surface area contributed by atoms with Gasteiger partial charge in [-0.05, 0) is 36.2 Å². The van der Waals surface area contributed by atoms with Crippen LogP contribution in [0.5, 0.6) is 0 Å². The first-order chi connectivity index (χ1) is 11.8. The molecule has 3 aromatic rings. The number of pyridine rings is 1. The van der Waals surface area contributed by atoms with Gasteiger partial charge in [-0.3, -0.25) is 9.78 Å². The van der Waals surface area contributed by atoms with E-state index in [-0.39, 0.29) is 11.9 Å². The van der Waals surface area contributed by atoms with Crippen molar-refractivity contribution >= 4 is 22.5 Å². The Morgan fingerprint density at radius 2 is 1.92 bits per heavy atom. The van der Waals surface area contributed by atoms with Gasteiger partial charge in [0.1, 0.15) is 0 Å². The summed E-state index contributed by atoms with van der Waals surface area (Å²) in [5.41, 5.74) is 3.54. The second-order valence-electron chi connectivity index (χ2n) is 6.53. The number of nitrogens with one attached hydrogen (secondary N) is 2. The van der Waals surface area contributed by atoms with E-state index < -0.39 is 5.41 Å². The second kappa shape index (κ2) is 4.89. The number of amides is 1. The van der Waals surface area contributed by atoms with E-state index in [9.17, 15) is 4.79 Å². The van der Waals surface area contributed by atoms with E-state index >= 15 is 0 Å². The number of anilines is 1. The van der Waals surface area contributed by atoms with E-state index in [0.717, 1.165) is 40.7 Å². The maximum atomic E-state index is 13.0. The number of aromatic nitrogens is 1. The Balaban J connectivity index is 1.75. The fraction of sp³-hybridized carbons (Fsp3) is 0.200. The molecule has 2 aromatic carbocycles. The number of fused-ring (bicyclic) bond motifs is 3. The SMILES string of the molecule is O=C1Nc2ccccc2[C@@]12CCN[C@H]2c1cccc2cccnc12. The molecule has 4 nitrogen and oxygen atoms in total. The molecule has 118 valence electrons. The molecular weight excluding hydrogens is 298 g/mol. The maximum Gasteiger partial charge on any atom is 0.237 e. The van der Waals surface area contributed by atoms with Gasteiger partial charge < -0.3 is 10.6 Å². The van der Waals surface area contributed by atoms with Gasteiger partial charge in [0.25, 0.3) is 0 Å². The Hall–Kier alpha value is -2.72.